The molecule has 0 aliphatic carbocycles. The average molecular weight is 466 g/mol. The van der Waals surface area contributed by atoms with Crippen LogP contribution in [0.4, 0.5) is 0 Å². The van der Waals surface area contributed by atoms with E-state index in [4.69, 9.17) is 9.72 Å². The van der Waals surface area contributed by atoms with Gasteiger partial charge in [0.1, 0.15) is 4.83 Å². The predicted octanol–water partition coefficient (Wildman–Crippen LogP) is 4.49. The molecule has 8 heteroatoms. The Morgan fingerprint density at radius 2 is 1.97 bits per heavy atom. The highest BCUT2D eigenvalue weighted by Crippen LogP contribution is 2.31. The van der Waals surface area contributed by atoms with E-state index in [0.29, 0.717) is 42.1 Å². The first-order chi connectivity index (χ1) is 14.7. The number of thiophene rings is 1. The van der Waals surface area contributed by atoms with Crippen LogP contribution < -0.4 is 5.56 Å². The Morgan fingerprint density at radius 3 is 2.61 bits per heavy atom. The Hall–Kier alpha value is -1.38. The highest BCUT2D eigenvalue weighted by Gasteiger charge is 2.30. The van der Waals surface area contributed by atoms with Gasteiger partial charge >= 0.3 is 0 Å². The van der Waals surface area contributed by atoms with Crippen molar-refractivity contribution in [1.29, 1.82) is 0 Å². The summed E-state index contributed by atoms with van der Waals surface area (Å²) >= 11 is 2.96. The monoisotopic (exact) mass is 465 g/mol. The van der Waals surface area contributed by atoms with Crippen molar-refractivity contribution in [3.63, 3.8) is 0 Å². The fourth-order valence-electron chi connectivity index (χ4n) is 4.37. The van der Waals surface area contributed by atoms with Crippen molar-refractivity contribution in [1.82, 2.24) is 14.5 Å². The maximum atomic E-state index is 13.4. The minimum Gasteiger partial charge on any atom is -0.382 e. The van der Waals surface area contributed by atoms with Crippen LogP contribution in [0.25, 0.3) is 10.2 Å². The van der Waals surface area contributed by atoms with Gasteiger partial charge in [-0.25, -0.2) is 4.98 Å². The van der Waals surface area contributed by atoms with Crippen LogP contribution in [-0.4, -0.2) is 51.9 Å². The van der Waals surface area contributed by atoms with Crippen LogP contribution in [0.15, 0.2) is 9.95 Å². The standard InChI is InChI=1S/C23H35N3O3S2/c1-7-29-10-8-9-26-22(28)19-16(4)17(5)30-20(19)24-23(26)31-18(6)21(27)25-12-14(2)11-15(3)13-25/h14-15,18H,7-13H2,1-6H3/t14-,15+,18-/m0/s1. The van der Waals surface area contributed by atoms with Crippen LogP contribution in [0, 0.1) is 25.7 Å². The van der Waals surface area contributed by atoms with Crippen LogP contribution in [0.5, 0.6) is 0 Å². The normalized spacial score (nSPS) is 20.4. The van der Waals surface area contributed by atoms with Crippen molar-refractivity contribution in [3.05, 3.63) is 20.8 Å². The third-order valence-corrected chi connectivity index (χ3v) is 8.12. The summed E-state index contributed by atoms with van der Waals surface area (Å²) in [6, 6.07) is 0. The molecule has 0 radical (unpaired) electrons. The first-order valence-corrected chi connectivity index (χ1v) is 13.0. The van der Waals surface area contributed by atoms with Crippen molar-refractivity contribution in [2.45, 2.75) is 71.3 Å². The number of fused-ring (bicyclic) bond motifs is 1. The molecule has 3 rings (SSSR count). The minimum absolute atomic E-state index is 0.00860. The smallest absolute Gasteiger partial charge is 0.263 e. The van der Waals surface area contributed by atoms with Crippen molar-refractivity contribution < 1.29 is 9.53 Å². The molecule has 0 aromatic carbocycles. The number of thioether (sulfide) groups is 1. The molecular weight excluding hydrogens is 430 g/mol. The summed E-state index contributed by atoms with van der Waals surface area (Å²) in [7, 11) is 0. The minimum atomic E-state index is -0.290. The zero-order valence-electron chi connectivity index (χ0n) is 19.6. The maximum absolute atomic E-state index is 13.4. The quantitative estimate of drug-likeness (QED) is 0.327. The average Bonchev–Trinajstić information content (AvgIpc) is 2.99. The van der Waals surface area contributed by atoms with Gasteiger partial charge in [-0.05, 0) is 57.9 Å². The topological polar surface area (TPSA) is 64.4 Å². The molecule has 1 aliphatic heterocycles. The number of amides is 1. The molecule has 0 bridgehead atoms. The number of carbonyl (C=O) groups excluding carboxylic acids is 1. The summed E-state index contributed by atoms with van der Waals surface area (Å²) in [6.45, 7) is 15.8. The number of hydrogen-bond donors (Lipinski definition) is 0. The summed E-state index contributed by atoms with van der Waals surface area (Å²) < 4.78 is 7.21. The van der Waals surface area contributed by atoms with E-state index in [2.05, 4.69) is 13.8 Å². The lowest BCUT2D eigenvalue weighted by Crippen LogP contribution is -2.45. The molecule has 0 spiro atoms. The lowest BCUT2D eigenvalue weighted by molar-refractivity contribution is -0.132. The summed E-state index contributed by atoms with van der Waals surface area (Å²) in [4.78, 5) is 35.3. The fraction of sp³-hybridized carbons (Fsp3) is 0.696. The van der Waals surface area contributed by atoms with Gasteiger partial charge in [-0.15, -0.1) is 11.3 Å². The highest BCUT2D eigenvalue weighted by molar-refractivity contribution is 8.00. The third-order valence-electron chi connectivity index (χ3n) is 5.94. The van der Waals surface area contributed by atoms with Gasteiger partial charge in [-0.1, -0.05) is 25.6 Å². The number of aromatic nitrogens is 2. The summed E-state index contributed by atoms with van der Waals surface area (Å²) in [6.07, 6.45) is 1.90. The van der Waals surface area contributed by atoms with Crippen molar-refractivity contribution in [2.75, 3.05) is 26.3 Å². The second-order valence-electron chi connectivity index (χ2n) is 8.81. The van der Waals surface area contributed by atoms with Crippen LogP contribution in [0.2, 0.25) is 0 Å². The summed E-state index contributed by atoms with van der Waals surface area (Å²) in [5.41, 5.74) is 0.999. The number of piperidine rings is 1. The van der Waals surface area contributed by atoms with Gasteiger partial charge < -0.3 is 9.64 Å². The SMILES string of the molecule is CCOCCCn1c(S[C@@H](C)C(=O)N2C[C@H](C)C[C@H](C)C2)nc2sc(C)c(C)c2c1=O. The van der Waals surface area contributed by atoms with E-state index in [-0.39, 0.29) is 16.7 Å². The molecule has 31 heavy (non-hydrogen) atoms. The number of nitrogens with zero attached hydrogens (tertiary/aromatic N) is 3. The molecule has 3 atom stereocenters. The third kappa shape index (κ3) is 5.52. The Bertz CT molecular complexity index is 975. The molecule has 2 aromatic rings. The number of ether oxygens (including phenoxy) is 1. The van der Waals surface area contributed by atoms with Gasteiger partial charge in [-0.2, -0.15) is 0 Å². The number of rotatable bonds is 8. The summed E-state index contributed by atoms with van der Waals surface area (Å²) in [5, 5.41) is 1.05. The van der Waals surface area contributed by atoms with E-state index in [0.717, 1.165) is 34.8 Å². The maximum Gasteiger partial charge on any atom is 0.263 e. The number of aryl methyl sites for hydroxylation is 2. The van der Waals surface area contributed by atoms with E-state index in [1.165, 1.54) is 18.2 Å². The van der Waals surface area contributed by atoms with E-state index < -0.39 is 0 Å². The Balaban J connectivity index is 1.88. The number of likely N-dealkylation sites (tertiary alicyclic amines) is 1. The predicted molar refractivity (Wildman–Crippen MR) is 129 cm³/mol. The van der Waals surface area contributed by atoms with Gasteiger partial charge in [0.2, 0.25) is 5.91 Å². The number of hydrogen-bond acceptors (Lipinski definition) is 6. The van der Waals surface area contributed by atoms with Crippen LogP contribution in [-0.2, 0) is 16.1 Å². The van der Waals surface area contributed by atoms with Gasteiger partial charge in [0.25, 0.3) is 5.56 Å². The second-order valence-corrected chi connectivity index (χ2v) is 11.3. The molecular formula is C23H35N3O3S2. The lowest BCUT2D eigenvalue weighted by atomic mass is 9.92. The van der Waals surface area contributed by atoms with Crippen LogP contribution in [0.3, 0.4) is 0 Å². The molecule has 6 nitrogen and oxygen atoms in total. The van der Waals surface area contributed by atoms with Crippen molar-refractivity contribution in [3.8, 4) is 0 Å². The molecule has 1 saturated heterocycles. The molecule has 0 N–H and O–H groups in total. The molecule has 2 aromatic heterocycles. The molecule has 1 fully saturated rings. The molecule has 0 unspecified atom stereocenters. The highest BCUT2D eigenvalue weighted by atomic mass is 32.2. The lowest BCUT2D eigenvalue weighted by Gasteiger charge is -2.36. The molecule has 1 amide bonds. The second kappa shape index (κ2) is 10.5. The van der Waals surface area contributed by atoms with Gasteiger partial charge in [0.15, 0.2) is 5.16 Å². The number of carbonyl (C=O) groups is 1. The van der Waals surface area contributed by atoms with Gasteiger partial charge in [0, 0.05) is 37.7 Å². The first kappa shape index (κ1) is 24.3. The van der Waals surface area contributed by atoms with Gasteiger partial charge in [-0.3, -0.25) is 14.2 Å². The van der Waals surface area contributed by atoms with Crippen LogP contribution >= 0.6 is 23.1 Å². The Labute approximate surface area is 193 Å². The van der Waals surface area contributed by atoms with Crippen molar-refractivity contribution >= 4 is 39.2 Å². The Morgan fingerprint density at radius 1 is 1.29 bits per heavy atom. The zero-order chi connectivity index (χ0) is 22.7. The van der Waals surface area contributed by atoms with E-state index >= 15 is 0 Å². The Kier molecular flexibility index (Phi) is 8.21. The van der Waals surface area contributed by atoms with Crippen molar-refractivity contribution in [2.24, 2.45) is 11.8 Å². The molecule has 0 saturated carbocycles. The molecule has 1 aliphatic rings. The molecule has 172 valence electrons. The molecule has 3 heterocycles. The van der Waals surface area contributed by atoms with E-state index in [1.807, 2.05) is 32.6 Å². The van der Waals surface area contributed by atoms with Crippen LogP contribution in [0.1, 0.15) is 51.0 Å². The first-order valence-electron chi connectivity index (χ1n) is 11.3. The largest absolute Gasteiger partial charge is 0.382 e. The fourth-order valence-corrected chi connectivity index (χ4v) is 6.46. The van der Waals surface area contributed by atoms with E-state index in [9.17, 15) is 9.59 Å². The zero-order valence-corrected chi connectivity index (χ0v) is 21.2. The summed E-state index contributed by atoms with van der Waals surface area (Å²) in [5.74, 6) is 1.18. The van der Waals surface area contributed by atoms with E-state index in [1.54, 1.807) is 15.9 Å². The van der Waals surface area contributed by atoms with Gasteiger partial charge in [0.05, 0.1) is 10.6 Å².